The SMILES string of the molecule is CS(=O)(=O)N1CCN(Cc2cc(C3CC3)on2)CC1. The number of rotatable bonds is 4. The molecule has 0 spiro atoms. The van der Waals surface area contributed by atoms with Crippen molar-refractivity contribution in [1.82, 2.24) is 14.4 Å². The highest BCUT2D eigenvalue weighted by Crippen LogP contribution is 2.40. The van der Waals surface area contributed by atoms with Gasteiger partial charge >= 0.3 is 0 Å². The van der Waals surface area contributed by atoms with Gasteiger partial charge in [-0.1, -0.05) is 5.16 Å². The van der Waals surface area contributed by atoms with E-state index in [0.717, 1.165) is 31.1 Å². The Bertz CT molecular complexity index is 542. The minimum absolute atomic E-state index is 0.562. The molecule has 6 nitrogen and oxygen atoms in total. The maximum absolute atomic E-state index is 11.4. The molecule has 3 rings (SSSR count). The fourth-order valence-corrected chi connectivity index (χ4v) is 3.24. The lowest BCUT2D eigenvalue weighted by molar-refractivity contribution is 0.178. The lowest BCUT2D eigenvalue weighted by Crippen LogP contribution is -2.47. The number of nitrogens with zero attached hydrogens (tertiary/aromatic N) is 3. The zero-order valence-electron chi connectivity index (χ0n) is 11.1. The summed E-state index contributed by atoms with van der Waals surface area (Å²) in [4.78, 5) is 2.22. The zero-order valence-corrected chi connectivity index (χ0v) is 11.9. The van der Waals surface area contributed by atoms with E-state index in [-0.39, 0.29) is 0 Å². The molecule has 1 saturated carbocycles. The van der Waals surface area contributed by atoms with Crippen molar-refractivity contribution in [3.05, 3.63) is 17.5 Å². The fourth-order valence-electron chi connectivity index (χ4n) is 2.41. The first-order valence-corrected chi connectivity index (χ1v) is 8.50. The minimum Gasteiger partial charge on any atom is -0.361 e. The number of piperazine rings is 1. The average molecular weight is 285 g/mol. The van der Waals surface area contributed by atoms with Gasteiger partial charge < -0.3 is 4.52 Å². The molecule has 106 valence electrons. The molecule has 1 aliphatic carbocycles. The highest BCUT2D eigenvalue weighted by Gasteiger charge is 2.28. The summed E-state index contributed by atoms with van der Waals surface area (Å²) >= 11 is 0. The molecule has 0 unspecified atom stereocenters. The second-order valence-electron chi connectivity index (χ2n) is 5.43. The van der Waals surface area contributed by atoms with Crippen LogP contribution in [-0.2, 0) is 16.6 Å². The van der Waals surface area contributed by atoms with Crippen LogP contribution in [0.3, 0.4) is 0 Å². The summed E-state index contributed by atoms with van der Waals surface area (Å²) in [6, 6.07) is 2.04. The van der Waals surface area contributed by atoms with Crippen LogP contribution in [0.15, 0.2) is 10.6 Å². The molecule has 2 fully saturated rings. The highest BCUT2D eigenvalue weighted by molar-refractivity contribution is 7.88. The van der Waals surface area contributed by atoms with Gasteiger partial charge in [0.05, 0.1) is 11.9 Å². The Kier molecular flexibility index (Phi) is 3.36. The maximum Gasteiger partial charge on any atom is 0.211 e. The molecule has 0 N–H and O–H groups in total. The summed E-state index contributed by atoms with van der Waals surface area (Å²) in [5, 5.41) is 4.09. The molecule has 1 saturated heterocycles. The van der Waals surface area contributed by atoms with Gasteiger partial charge in [0.15, 0.2) is 0 Å². The average Bonchev–Trinajstić information content (AvgIpc) is 3.10. The first-order valence-electron chi connectivity index (χ1n) is 6.65. The van der Waals surface area contributed by atoms with E-state index in [1.165, 1.54) is 23.4 Å². The quantitative estimate of drug-likeness (QED) is 0.811. The number of hydrogen-bond donors (Lipinski definition) is 0. The van der Waals surface area contributed by atoms with Crippen molar-refractivity contribution < 1.29 is 12.9 Å². The highest BCUT2D eigenvalue weighted by atomic mass is 32.2. The molecule has 2 aliphatic rings. The number of hydrogen-bond acceptors (Lipinski definition) is 5. The Morgan fingerprint density at radius 1 is 1.32 bits per heavy atom. The summed E-state index contributed by atoms with van der Waals surface area (Å²) in [7, 11) is -3.05. The molecular weight excluding hydrogens is 266 g/mol. The largest absolute Gasteiger partial charge is 0.361 e. The standard InChI is InChI=1S/C12H19N3O3S/c1-19(16,17)15-6-4-14(5-7-15)9-11-8-12(18-13-11)10-2-3-10/h8,10H,2-7,9H2,1H3. The molecule has 1 aromatic rings. The van der Waals surface area contributed by atoms with Crippen LogP contribution >= 0.6 is 0 Å². The monoisotopic (exact) mass is 285 g/mol. The van der Waals surface area contributed by atoms with Crippen molar-refractivity contribution in [3.8, 4) is 0 Å². The van der Waals surface area contributed by atoms with Crippen LogP contribution in [0, 0.1) is 0 Å². The van der Waals surface area contributed by atoms with Gasteiger partial charge in [0.2, 0.25) is 10.0 Å². The Balaban J connectivity index is 1.54. The van der Waals surface area contributed by atoms with E-state index in [9.17, 15) is 8.42 Å². The van der Waals surface area contributed by atoms with E-state index in [0.29, 0.717) is 19.0 Å². The molecule has 2 heterocycles. The van der Waals surface area contributed by atoms with Crippen LogP contribution in [0.2, 0.25) is 0 Å². The molecule has 1 aromatic heterocycles. The van der Waals surface area contributed by atoms with Gasteiger partial charge in [-0.15, -0.1) is 0 Å². The predicted molar refractivity (Wildman–Crippen MR) is 70.2 cm³/mol. The second kappa shape index (κ2) is 4.88. The van der Waals surface area contributed by atoms with Crippen LogP contribution in [0.25, 0.3) is 0 Å². The van der Waals surface area contributed by atoms with E-state index in [1.54, 1.807) is 0 Å². The van der Waals surface area contributed by atoms with E-state index in [2.05, 4.69) is 10.1 Å². The maximum atomic E-state index is 11.4. The van der Waals surface area contributed by atoms with Crippen LogP contribution in [0.1, 0.15) is 30.2 Å². The molecule has 0 radical (unpaired) electrons. The third kappa shape index (κ3) is 3.16. The fraction of sp³-hybridized carbons (Fsp3) is 0.750. The summed E-state index contributed by atoms with van der Waals surface area (Å²) in [5.74, 6) is 1.59. The zero-order chi connectivity index (χ0) is 13.5. The van der Waals surface area contributed by atoms with Crippen molar-refractivity contribution in [2.45, 2.75) is 25.3 Å². The first-order chi connectivity index (χ1) is 9.02. The van der Waals surface area contributed by atoms with Gasteiger partial charge in [0, 0.05) is 44.7 Å². The number of sulfonamides is 1. The van der Waals surface area contributed by atoms with Crippen LogP contribution in [0.4, 0.5) is 0 Å². The summed E-state index contributed by atoms with van der Waals surface area (Å²) in [6.45, 7) is 3.36. The third-order valence-electron chi connectivity index (χ3n) is 3.74. The van der Waals surface area contributed by atoms with Gasteiger partial charge in [-0.25, -0.2) is 8.42 Å². The van der Waals surface area contributed by atoms with Gasteiger partial charge in [-0.2, -0.15) is 4.31 Å². The molecular formula is C12H19N3O3S. The van der Waals surface area contributed by atoms with Gasteiger partial charge in [-0.05, 0) is 12.8 Å². The van der Waals surface area contributed by atoms with Gasteiger partial charge in [0.1, 0.15) is 5.76 Å². The van der Waals surface area contributed by atoms with E-state index in [4.69, 9.17) is 4.52 Å². The second-order valence-corrected chi connectivity index (χ2v) is 7.42. The molecule has 0 atom stereocenters. The minimum atomic E-state index is -3.05. The molecule has 0 amide bonds. The topological polar surface area (TPSA) is 66.7 Å². The lowest BCUT2D eigenvalue weighted by Gasteiger charge is -2.32. The van der Waals surface area contributed by atoms with E-state index < -0.39 is 10.0 Å². The van der Waals surface area contributed by atoms with Crippen molar-refractivity contribution in [2.75, 3.05) is 32.4 Å². The normalized spacial score (nSPS) is 22.8. The van der Waals surface area contributed by atoms with Gasteiger partial charge in [-0.3, -0.25) is 4.90 Å². The summed E-state index contributed by atoms with van der Waals surface area (Å²) in [5.41, 5.74) is 0.953. The smallest absolute Gasteiger partial charge is 0.211 e. The van der Waals surface area contributed by atoms with Crippen molar-refractivity contribution in [2.24, 2.45) is 0 Å². The van der Waals surface area contributed by atoms with Crippen molar-refractivity contribution in [3.63, 3.8) is 0 Å². The first kappa shape index (κ1) is 13.1. The molecule has 0 aromatic carbocycles. The summed E-state index contributed by atoms with van der Waals surface area (Å²) < 4.78 is 29.7. The van der Waals surface area contributed by atoms with E-state index >= 15 is 0 Å². The molecule has 7 heteroatoms. The Labute approximate surface area is 113 Å². The third-order valence-corrected chi connectivity index (χ3v) is 5.05. The predicted octanol–water partition coefficient (Wildman–Crippen LogP) is 0.629. The van der Waals surface area contributed by atoms with Crippen LogP contribution < -0.4 is 0 Å². The van der Waals surface area contributed by atoms with Crippen LogP contribution in [-0.4, -0.2) is 55.2 Å². The summed E-state index contributed by atoms with van der Waals surface area (Å²) in [6.07, 6.45) is 3.69. The van der Waals surface area contributed by atoms with E-state index in [1.807, 2.05) is 6.07 Å². The Hall–Kier alpha value is -0.920. The van der Waals surface area contributed by atoms with Crippen LogP contribution in [0.5, 0.6) is 0 Å². The molecule has 1 aliphatic heterocycles. The van der Waals surface area contributed by atoms with Gasteiger partial charge in [0.25, 0.3) is 0 Å². The number of aromatic nitrogens is 1. The van der Waals surface area contributed by atoms with Crippen molar-refractivity contribution >= 4 is 10.0 Å². The molecule has 19 heavy (non-hydrogen) atoms. The Morgan fingerprint density at radius 2 is 2.00 bits per heavy atom. The lowest BCUT2D eigenvalue weighted by atomic mass is 10.2. The molecule has 0 bridgehead atoms. The Morgan fingerprint density at radius 3 is 2.58 bits per heavy atom. The van der Waals surface area contributed by atoms with Crippen molar-refractivity contribution in [1.29, 1.82) is 0 Å².